The van der Waals surface area contributed by atoms with Crippen molar-refractivity contribution in [3.63, 3.8) is 0 Å². The fraction of sp³-hybridized carbons (Fsp3) is 0.444. The molecular weight excluding hydrogens is 204 g/mol. The van der Waals surface area contributed by atoms with Crippen LogP contribution in [0.3, 0.4) is 0 Å². The van der Waals surface area contributed by atoms with E-state index < -0.39 is 0 Å². The summed E-state index contributed by atoms with van der Waals surface area (Å²) in [6, 6.07) is 0. The van der Waals surface area contributed by atoms with E-state index in [1.165, 1.54) is 0 Å². The smallest absolute Gasteiger partial charge is 0.159 e. The molecule has 0 fully saturated rings. The second kappa shape index (κ2) is 6.35. The van der Waals surface area contributed by atoms with Crippen molar-refractivity contribution in [2.75, 3.05) is 5.33 Å². The van der Waals surface area contributed by atoms with Gasteiger partial charge in [0.15, 0.2) is 5.78 Å². The molecule has 62 valence electrons. The molecule has 0 saturated carbocycles. The summed E-state index contributed by atoms with van der Waals surface area (Å²) in [7, 11) is 0. The van der Waals surface area contributed by atoms with Gasteiger partial charge in [-0.15, -0.1) is 0 Å². The van der Waals surface area contributed by atoms with Crippen LogP contribution in [0.2, 0.25) is 0 Å². The highest BCUT2D eigenvalue weighted by Gasteiger charge is 1.95. The molecule has 0 spiro atoms. The molecule has 0 bridgehead atoms. The van der Waals surface area contributed by atoms with Crippen molar-refractivity contribution >= 4 is 21.7 Å². The maximum Gasteiger partial charge on any atom is 0.159 e. The number of allylic oxidation sites excluding steroid dienone is 4. The zero-order valence-corrected chi connectivity index (χ0v) is 8.52. The highest BCUT2D eigenvalue weighted by molar-refractivity contribution is 9.09. The first-order valence-electron chi connectivity index (χ1n) is 3.66. The summed E-state index contributed by atoms with van der Waals surface area (Å²) in [6.45, 7) is 3.60. The summed E-state index contributed by atoms with van der Waals surface area (Å²) in [5.41, 5.74) is 0.798. The van der Waals surface area contributed by atoms with E-state index in [9.17, 15) is 4.79 Å². The van der Waals surface area contributed by atoms with Crippen LogP contribution < -0.4 is 0 Å². The molecule has 0 atom stereocenters. The van der Waals surface area contributed by atoms with Gasteiger partial charge in [-0.05, 0) is 13.3 Å². The monoisotopic (exact) mass is 216 g/mol. The number of carbonyl (C=O) groups is 1. The minimum atomic E-state index is 0.129. The van der Waals surface area contributed by atoms with Gasteiger partial charge in [-0.25, -0.2) is 0 Å². The zero-order chi connectivity index (χ0) is 8.69. The summed E-state index contributed by atoms with van der Waals surface area (Å²) < 4.78 is 0. The second-order valence-electron chi connectivity index (χ2n) is 2.18. The van der Waals surface area contributed by atoms with Crippen molar-refractivity contribution in [2.24, 2.45) is 0 Å². The molecule has 11 heavy (non-hydrogen) atoms. The van der Waals surface area contributed by atoms with E-state index in [-0.39, 0.29) is 5.78 Å². The van der Waals surface area contributed by atoms with Crippen LogP contribution in [0.5, 0.6) is 0 Å². The third-order valence-electron chi connectivity index (χ3n) is 1.22. The molecule has 0 aliphatic rings. The van der Waals surface area contributed by atoms with Crippen molar-refractivity contribution in [3.8, 4) is 0 Å². The van der Waals surface area contributed by atoms with Crippen LogP contribution in [0.4, 0.5) is 0 Å². The molecule has 0 aromatic carbocycles. The number of alkyl halides is 1. The molecule has 0 unspecified atom stereocenters. The normalized spacial score (nSPS) is 12.5. The van der Waals surface area contributed by atoms with Gasteiger partial charge in [0, 0.05) is 10.9 Å². The van der Waals surface area contributed by atoms with Crippen molar-refractivity contribution in [2.45, 2.75) is 20.3 Å². The van der Waals surface area contributed by atoms with E-state index in [2.05, 4.69) is 15.9 Å². The first-order chi connectivity index (χ1) is 5.22. The average Bonchev–Trinajstić information content (AvgIpc) is 1.97. The summed E-state index contributed by atoms with van der Waals surface area (Å²) in [4.78, 5) is 10.9. The predicted molar refractivity (Wildman–Crippen MR) is 52.0 cm³/mol. The molecular formula is C9H13BrO. The number of hydrogen-bond donors (Lipinski definition) is 0. The molecule has 0 aromatic heterocycles. The standard InChI is InChI=1S/C9H13BrO/c1-3-5-9(8(2)11)6-4-7-10/h4-6H,3,7H2,1-2H3/b6-4-,9-5+. The fourth-order valence-electron chi connectivity index (χ4n) is 0.721. The van der Waals surface area contributed by atoms with E-state index in [0.29, 0.717) is 0 Å². The molecule has 0 N–H and O–H groups in total. The first-order valence-corrected chi connectivity index (χ1v) is 4.78. The zero-order valence-electron chi connectivity index (χ0n) is 6.93. The van der Waals surface area contributed by atoms with Crippen LogP contribution in [0.15, 0.2) is 23.8 Å². The van der Waals surface area contributed by atoms with E-state index in [4.69, 9.17) is 0 Å². The van der Waals surface area contributed by atoms with Gasteiger partial charge in [-0.3, -0.25) is 4.79 Å². The lowest BCUT2D eigenvalue weighted by Gasteiger charge is -1.93. The van der Waals surface area contributed by atoms with E-state index in [1.807, 2.05) is 25.2 Å². The molecule has 0 aliphatic carbocycles. The van der Waals surface area contributed by atoms with Gasteiger partial charge >= 0.3 is 0 Å². The number of rotatable bonds is 4. The third-order valence-corrected chi connectivity index (χ3v) is 1.59. The number of Topliss-reactive ketones (excluding diaryl/α,β-unsaturated/α-hetero) is 1. The average molecular weight is 217 g/mol. The van der Waals surface area contributed by atoms with E-state index in [1.54, 1.807) is 6.92 Å². The van der Waals surface area contributed by atoms with Gasteiger partial charge in [0.1, 0.15) is 0 Å². The van der Waals surface area contributed by atoms with Crippen molar-refractivity contribution in [1.82, 2.24) is 0 Å². The van der Waals surface area contributed by atoms with Gasteiger partial charge in [-0.2, -0.15) is 0 Å². The second-order valence-corrected chi connectivity index (χ2v) is 2.83. The maximum absolute atomic E-state index is 10.9. The largest absolute Gasteiger partial charge is 0.295 e. The van der Waals surface area contributed by atoms with Gasteiger partial charge < -0.3 is 0 Å². The molecule has 0 amide bonds. The van der Waals surface area contributed by atoms with Crippen LogP contribution >= 0.6 is 15.9 Å². The Morgan fingerprint density at radius 3 is 2.55 bits per heavy atom. The third kappa shape index (κ3) is 4.96. The lowest BCUT2D eigenvalue weighted by molar-refractivity contribution is -0.113. The quantitative estimate of drug-likeness (QED) is 0.402. The maximum atomic E-state index is 10.9. The Balaban J connectivity index is 4.23. The lowest BCUT2D eigenvalue weighted by atomic mass is 10.1. The molecule has 0 rings (SSSR count). The molecule has 0 saturated heterocycles. The van der Waals surface area contributed by atoms with Gasteiger partial charge in [-0.1, -0.05) is 41.1 Å². The highest BCUT2D eigenvalue weighted by Crippen LogP contribution is 2.01. The molecule has 2 heteroatoms. The van der Waals surface area contributed by atoms with Crippen LogP contribution in [0, 0.1) is 0 Å². The fourth-order valence-corrected chi connectivity index (χ4v) is 0.907. The van der Waals surface area contributed by atoms with Crippen LogP contribution in [-0.2, 0) is 4.79 Å². The molecule has 0 heterocycles. The summed E-state index contributed by atoms with van der Waals surface area (Å²) in [5, 5.41) is 0.793. The minimum absolute atomic E-state index is 0.129. The Morgan fingerprint density at radius 2 is 2.18 bits per heavy atom. The Labute approximate surface area is 76.3 Å². The van der Waals surface area contributed by atoms with Gasteiger partial charge in [0.25, 0.3) is 0 Å². The highest BCUT2D eigenvalue weighted by atomic mass is 79.9. The number of halogens is 1. The first kappa shape index (κ1) is 10.6. The van der Waals surface area contributed by atoms with E-state index >= 15 is 0 Å². The van der Waals surface area contributed by atoms with Crippen molar-refractivity contribution in [1.29, 1.82) is 0 Å². The number of hydrogen-bond acceptors (Lipinski definition) is 1. The Morgan fingerprint density at radius 1 is 1.55 bits per heavy atom. The van der Waals surface area contributed by atoms with Crippen LogP contribution in [0.1, 0.15) is 20.3 Å². The lowest BCUT2D eigenvalue weighted by Crippen LogP contribution is -1.92. The molecule has 0 radical (unpaired) electrons. The van der Waals surface area contributed by atoms with Crippen LogP contribution in [-0.4, -0.2) is 11.1 Å². The molecule has 0 aliphatic heterocycles. The Hall–Kier alpha value is -0.370. The topological polar surface area (TPSA) is 17.1 Å². The van der Waals surface area contributed by atoms with Crippen molar-refractivity contribution < 1.29 is 4.79 Å². The number of carbonyl (C=O) groups excluding carboxylic acids is 1. The summed E-state index contributed by atoms with van der Waals surface area (Å²) in [6.07, 6.45) is 6.60. The Kier molecular flexibility index (Phi) is 6.13. The van der Waals surface area contributed by atoms with Gasteiger partial charge in [0.2, 0.25) is 0 Å². The van der Waals surface area contributed by atoms with Crippen LogP contribution in [0.25, 0.3) is 0 Å². The summed E-state index contributed by atoms with van der Waals surface area (Å²) in [5.74, 6) is 0.129. The molecule has 1 nitrogen and oxygen atoms in total. The van der Waals surface area contributed by atoms with Gasteiger partial charge in [0.05, 0.1) is 0 Å². The SMILES string of the molecule is CC/C=C(\C=C/CBr)C(C)=O. The summed E-state index contributed by atoms with van der Waals surface area (Å²) >= 11 is 3.25. The van der Waals surface area contributed by atoms with E-state index in [0.717, 1.165) is 17.3 Å². The predicted octanol–water partition coefficient (Wildman–Crippen LogP) is 2.86. The number of ketones is 1. The Bertz CT molecular complexity index is 180. The van der Waals surface area contributed by atoms with Crippen molar-refractivity contribution in [3.05, 3.63) is 23.8 Å². The molecule has 0 aromatic rings. The minimum Gasteiger partial charge on any atom is -0.295 e.